The molecule has 0 spiro atoms. The van der Waals surface area contributed by atoms with E-state index in [1.165, 1.54) is 7.05 Å². The third-order valence-electron chi connectivity index (χ3n) is 4.38. The number of hydrogen-bond acceptors (Lipinski definition) is 3. The zero-order valence-corrected chi connectivity index (χ0v) is 13.8. The zero-order chi connectivity index (χ0) is 16.4. The molecule has 1 N–H and O–H groups in total. The fourth-order valence-corrected chi connectivity index (χ4v) is 3.88. The molecule has 3 rings (SSSR count). The quantitative estimate of drug-likeness (QED) is 0.932. The van der Waals surface area contributed by atoms with Crippen molar-refractivity contribution in [3.8, 4) is 0 Å². The number of sulfonamides is 1. The van der Waals surface area contributed by atoms with Crippen LogP contribution in [0.25, 0.3) is 10.8 Å². The molecule has 122 valence electrons. The molecule has 2 aromatic rings. The van der Waals surface area contributed by atoms with Crippen molar-refractivity contribution in [1.82, 2.24) is 9.62 Å². The monoisotopic (exact) mass is 332 g/mol. The van der Waals surface area contributed by atoms with E-state index < -0.39 is 15.8 Å². The highest BCUT2D eigenvalue weighted by Gasteiger charge is 2.32. The summed E-state index contributed by atoms with van der Waals surface area (Å²) >= 11 is 0. The SMILES string of the molecule is CNS(=O)(=O)CC(=O)N1CCC[C@H]1c1cccc2ccccc12. The molecule has 1 amide bonds. The molecule has 23 heavy (non-hydrogen) atoms. The Morgan fingerprint density at radius 3 is 2.74 bits per heavy atom. The molecule has 5 nitrogen and oxygen atoms in total. The van der Waals surface area contributed by atoms with Crippen molar-refractivity contribution < 1.29 is 13.2 Å². The first kappa shape index (κ1) is 16.0. The Morgan fingerprint density at radius 2 is 1.96 bits per heavy atom. The molecule has 0 saturated carbocycles. The van der Waals surface area contributed by atoms with Crippen LogP contribution < -0.4 is 4.72 Å². The normalized spacial score (nSPS) is 18.5. The molecule has 0 aliphatic carbocycles. The highest BCUT2D eigenvalue weighted by Crippen LogP contribution is 2.35. The molecular weight excluding hydrogens is 312 g/mol. The van der Waals surface area contributed by atoms with Crippen LogP contribution in [0.4, 0.5) is 0 Å². The van der Waals surface area contributed by atoms with E-state index in [1.807, 2.05) is 36.4 Å². The summed E-state index contributed by atoms with van der Waals surface area (Å²) in [5.41, 5.74) is 1.09. The molecule has 6 heteroatoms. The summed E-state index contributed by atoms with van der Waals surface area (Å²) in [5.74, 6) is -0.833. The molecule has 1 aliphatic rings. The molecule has 1 aliphatic heterocycles. The van der Waals surface area contributed by atoms with Crippen LogP contribution in [-0.2, 0) is 14.8 Å². The number of hydrogen-bond donors (Lipinski definition) is 1. The predicted molar refractivity (Wildman–Crippen MR) is 90.5 cm³/mol. The molecule has 1 saturated heterocycles. The van der Waals surface area contributed by atoms with Gasteiger partial charge in [-0.15, -0.1) is 0 Å². The number of nitrogens with one attached hydrogen (secondary N) is 1. The van der Waals surface area contributed by atoms with Gasteiger partial charge >= 0.3 is 0 Å². The van der Waals surface area contributed by atoms with Crippen LogP contribution in [0, 0.1) is 0 Å². The number of rotatable bonds is 4. The van der Waals surface area contributed by atoms with Gasteiger partial charge in [0, 0.05) is 6.54 Å². The molecule has 2 aromatic carbocycles. The molecular formula is C17H20N2O3S. The average Bonchev–Trinajstić information content (AvgIpc) is 3.03. The molecule has 0 bridgehead atoms. The van der Waals surface area contributed by atoms with Crippen LogP contribution in [0.15, 0.2) is 42.5 Å². The van der Waals surface area contributed by atoms with Crippen LogP contribution in [0.5, 0.6) is 0 Å². The number of benzene rings is 2. The van der Waals surface area contributed by atoms with E-state index in [9.17, 15) is 13.2 Å². The highest BCUT2D eigenvalue weighted by atomic mass is 32.2. The third kappa shape index (κ3) is 3.23. The third-order valence-corrected chi connectivity index (χ3v) is 5.63. The summed E-state index contributed by atoms with van der Waals surface area (Å²) in [4.78, 5) is 14.2. The zero-order valence-electron chi connectivity index (χ0n) is 13.0. The summed E-state index contributed by atoms with van der Waals surface area (Å²) in [5, 5.41) is 2.25. The number of amides is 1. The lowest BCUT2D eigenvalue weighted by Gasteiger charge is -2.26. The Labute approximate surface area is 136 Å². The van der Waals surface area contributed by atoms with Gasteiger partial charge in [0.2, 0.25) is 15.9 Å². The number of carbonyl (C=O) groups is 1. The van der Waals surface area contributed by atoms with E-state index in [1.54, 1.807) is 4.90 Å². The van der Waals surface area contributed by atoms with Gasteiger partial charge < -0.3 is 4.90 Å². The first-order valence-electron chi connectivity index (χ1n) is 7.70. The van der Waals surface area contributed by atoms with Crippen molar-refractivity contribution in [1.29, 1.82) is 0 Å². The second kappa shape index (κ2) is 6.29. The van der Waals surface area contributed by atoms with Crippen molar-refractivity contribution in [2.75, 3.05) is 19.3 Å². The standard InChI is InChI=1S/C17H20N2O3S/c1-18-23(21,22)12-17(20)19-11-5-10-16(19)15-9-4-7-13-6-2-3-8-14(13)15/h2-4,6-9,16,18H,5,10-12H2,1H3/t16-/m0/s1. The first-order chi connectivity index (χ1) is 11.0. The number of nitrogens with zero attached hydrogens (tertiary/aromatic N) is 1. The minimum Gasteiger partial charge on any atom is -0.335 e. The molecule has 1 atom stereocenters. The van der Waals surface area contributed by atoms with Gasteiger partial charge in [0.05, 0.1) is 6.04 Å². The molecule has 1 fully saturated rings. The second-order valence-electron chi connectivity index (χ2n) is 5.78. The number of likely N-dealkylation sites (tertiary alicyclic amines) is 1. The van der Waals surface area contributed by atoms with E-state index in [0.717, 1.165) is 29.2 Å². The van der Waals surface area contributed by atoms with Gasteiger partial charge in [-0.1, -0.05) is 42.5 Å². The van der Waals surface area contributed by atoms with Crippen molar-refractivity contribution in [3.05, 3.63) is 48.0 Å². The minimum atomic E-state index is -3.55. The molecule has 1 heterocycles. The summed E-state index contributed by atoms with van der Waals surface area (Å²) in [6.45, 7) is 0.603. The van der Waals surface area contributed by atoms with Crippen LogP contribution in [0.2, 0.25) is 0 Å². The maximum Gasteiger partial charge on any atom is 0.239 e. The van der Waals surface area contributed by atoms with E-state index in [2.05, 4.69) is 10.8 Å². The maximum absolute atomic E-state index is 12.4. The summed E-state index contributed by atoms with van der Waals surface area (Å²) in [7, 11) is -2.22. The predicted octanol–water partition coefficient (Wildman–Crippen LogP) is 2.05. The Balaban J connectivity index is 1.94. The Morgan fingerprint density at radius 1 is 1.22 bits per heavy atom. The van der Waals surface area contributed by atoms with Gasteiger partial charge in [-0.25, -0.2) is 13.1 Å². The lowest BCUT2D eigenvalue weighted by molar-refractivity contribution is -0.129. The second-order valence-corrected chi connectivity index (χ2v) is 7.70. The van der Waals surface area contributed by atoms with Gasteiger partial charge in [0.25, 0.3) is 0 Å². The van der Waals surface area contributed by atoms with Gasteiger partial charge in [0.1, 0.15) is 5.75 Å². The van der Waals surface area contributed by atoms with E-state index in [-0.39, 0.29) is 11.9 Å². The van der Waals surface area contributed by atoms with Crippen molar-refractivity contribution in [2.45, 2.75) is 18.9 Å². The van der Waals surface area contributed by atoms with Crippen molar-refractivity contribution in [3.63, 3.8) is 0 Å². The fourth-order valence-electron chi connectivity index (χ4n) is 3.25. The van der Waals surface area contributed by atoms with Crippen molar-refractivity contribution >= 4 is 26.7 Å². The van der Waals surface area contributed by atoms with Crippen LogP contribution in [-0.4, -0.2) is 38.6 Å². The summed E-state index contributed by atoms with van der Waals surface area (Å²) in [6, 6.07) is 14.1. The van der Waals surface area contributed by atoms with Crippen LogP contribution >= 0.6 is 0 Å². The number of fused-ring (bicyclic) bond motifs is 1. The Kier molecular flexibility index (Phi) is 4.37. The van der Waals surface area contributed by atoms with Gasteiger partial charge in [-0.05, 0) is 36.2 Å². The summed E-state index contributed by atoms with van der Waals surface area (Å²) in [6.07, 6.45) is 1.75. The fraction of sp³-hybridized carbons (Fsp3) is 0.353. The van der Waals surface area contributed by atoms with Gasteiger partial charge in [0.15, 0.2) is 0 Å². The van der Waals surface area contributed by atoms with Crippen LogP contribution in [0.3, 0.4) is 0 Å². The van der Waals surface area contributed by atoms with E-state index in [4.69, 9.17) is 0 Å². The molecule has 0 radical (unpaired) electrons. The van der Waals surface area contributed by atoms with Gasteiger partial charge in [-0.3, -0.25) is 4.79 Å². The van der Waals surface area contributed by atoms with Crippen molar-refractivity contribution in [2.24, 2.45) is 0 Å². The highest BCUT2D eigenvalue weighted by molar-refractivity contribution is 7.90. The van der Waals surface area contributed by atoms with Crippen LogP contribution in [0.1, 0.15) is 24.4 Å². The summed E-state index contributed by atoms with van der Waals surface area (Å²) < 4.78 is 25.5. The smallest absolute Gasteiger partial charge is 0.239 e. The maximum atomic E-state index is 12.4. The average molecular weight is 332 g/mol. The van der Waals surface area contributed by atoms with E-state index in [0.29, 0.717) is 6.54 Å². The Bertz CT molecular complexity index is 827. The topological polar surface area (TPSA) is 66.5 Å². The molecule has 0 aromatic heterocycles. The Hall–Kier alpha value is -1.92. The van der Waals surface area contributed by atoms with E-state index >= 15 is 0 Å². The first-order valence-corrected chi connectivity index (χ1v) is 9.35. The number of carbonyl (C=O) groups excluding carboxylic acids is 1. The lowest BCUT2D eigenvalue weighted by atomic mass is 9.97. The largest absolute Gasteiger partial charge is 0.335 e. The minimum absolute atomic E-state index is 0.0549. The molecule has 0 unspecified atom stereocenters. The van der Waals surface area contributed by atoms with Gasteiger partial charge in [-0.2, -0.15) is 0 Å². The lowest BCUT2D eigenvalue weighted by Crippen LogP contribution is -2.38.